The first kappa shape index (κ1) is 16.7. The third-order valence-corrected chi connectivity index (χ3v) is 4.03. The van der Waals surface area contributed by atoms with E-state index in [2.05, 4.69) is 48.7 Å². The van der Waals surface area contributed by atoms with Gasteiger partial charge in [-0.3, -0.25) is 10.8 Å². The minimum absolute atomic E-state index is 0.224. The lowest BCUT2D eigenvalue weighted by atomic mass is 9.98. The molecule has 4 heteroatoms. The fraction of sp³-hybridized carbons (Fsp3) is 0.263. The Labute approximate surface area is 138 Å². The molecule has 2 rings (SSSR count). The topological polar surface area (TPSA) is 71.8 Å². The summed E-state index contributed by atoms with van der Waals surface area (Å²) in [4.78, 5) is 0. The first-order valence-corrected chi connectivity index (χ1v) is 7.91. The van der Waals surface area contributed by atoms with E-state index in [1.165, 1.54) is 11.1 Å². The lowest BCUT2D eigenvalue weighted by Crippen LogP contribution is -2.20. The highest BCUT2D eigenvalue weighted by Crippen LogP contribution is 2.19. The van der Waals surface area contributed by atoms with Crippen LogP contribution in [-0.4, -0.2) is 12.2 Å². The SMILES string of the molecule is CCC(C)c1ccc(CNc2cccc(C(=N)NC=N)c2)cc1. The van der Waals surface area contributed by atoms with Crippen molar-refractivity contribution >= 4 is 17.9 Å². The zero-order valence-electron chi connectivity index (χ0n) is 13.7. The van der Waals surface area contributed by atoms with Gasteiger partial charge in [0.25, 0.3) is 0 Å². The predicted octanol–water partition coefficient (Wildman–Crippen LogP) is 4.33. The number of rotatable bonds is 7. The predicted molar refractivity (Wildman–Crippen MR) is 97.7 cm³/mol. The van der Waals surface area contributed by atoms with Gasteiger partial charge in [0.2, 0.25) is 0 Å². The summed E-state index contributed by atoms with van der Waals surface area (Å²) in [5, 5.41) is 20.8. The molecular formula is C19H24N4. The second-order valence-electron chi connectivity index (χ2n) is 5.65. The normalized spacial score (nSPS) is 11.6. The van der Waals surface area contributed by atoms with Crippen LogP contribution < -0.4 is 10.6 Å². The number of hydrogen-bond donors (Lipinski definition) is 4. The Kier molecular flexibility index (Phi) is 5.92. The van der Waals surface area contributed by atoms with Crippen molar-refractivity contribution in [3.8, 4) is 0 Å². The molecule has 0 radical (unpaired) electrons. The van der Waals surface area contributed by atoms with E-state index in [0.717, 1.165) is 30.6 Å². The van der Waals surface area contributed by atoms with E-state index >= 15 is 0 Å². The van der Waals surface area contributed by atoms with Crippen LogP contribution in [0.5, 0.6) is 0 Å². The standard InChI is InChI=1S/C19H24N4/c1-3-14(2)16-9-7-15(8-10-16)12-22-18-6-4-5-17(11-18)19(21)23-13-20/h4-11,13-14,22H,3,12H2,1-2H3,(H3,20,21,23). The van der Waals surface area contributed by atoms with Crippen molar-refractivity contribution < 1.29 is 0 Å². The number of benzene rings is 2. The van der Waals surface area contributed by atoms with Crippen LogP contribution in [0.2, 0.25) is 0 Å². The molecule has 0 fully saturated rings. The lowest BCUT2D eigenvalue weighted by molar-refractivity contribution is 0.733. The van der Waals surface area contributed by atoms with Gasteiger partial charge < -0.3 is 10.6 Å². The molecule has 0 aliphatic heterocycles. The maximum atomic E-state index is 7.81. The molecule has 0 aliphatic carbocycles. The zero-order chi connectivity index (χ0) is 16.7. The zero-order valence-corrected chi connectivity index (χ0v) is 13.7. The van der Waals surface area contributed by atoms with Crippen molar-refractivity contribution in [2.45, 2.75) is 32.7 Å². The monoisotopic (exact) mass is 308 g/mol. The molecule has 0 aliphatic rings. The van der Waals surface area contributed by atoms with Crippen molar-refractivity contribution in [1.29, 1.82) is 10.8 Å². The van der Waals surface area contributed by atoms with Crippen molar-refractivity contribution in [1.82, 2.24) is 5.32 Å². The second kappa shape index (κ2) is 8.13. The molecule has 0 saturated carbocycles. The van der Waals surface area contributed by atoms with Gasteiger partial charge in [-0.1, -0.05) is 50.2 Å². The van der Waals surface area contributed by atoms with E-state index in [-0.39, 0.29) is 5.84 Å². The molecule has 4 N–H and O–H groups in total. The molecule has 0 spiro atoms. The van der Waals surface area contributed by atoms with Crippen LogP contribution in [0.15, 0.2) is 48.5 Å². The van der Waals surface area contributed by atoms with E-state index in [1.807, 2.05) is 24.3 Å². The summed E-state index contributed by atoms with van der Waals surface area (Å²) < 4.78 is 0. The fourth-order valence-electron chi connectivity index (χ4n) is 2.34. The summed E-state index contributed by atoms with van der Waals surface area (Å²) in [5.41, 5.74) is 4.33. The number of anilines is 1. The Morgan fingerprint density at radius 2 is 1.91 bits per heavy atom. The third kappa shape index (κ3) is 4.68. The number of amidine groups is 1. The minimum Gasteiger partial charge on any atom is -0.381 e. The van der Waals surface area contributed by atoms with Crippen LogP contribution in [0.3, 0.4) is 0 Å². The molecule has 2 aromatic carbocycles. The van der Waals surface area contributed by atoms with Crippen LogP contribution in [0.1, 0.15) is 42.9 Å². The third-order valence-electron chi connectivity index (χ3n) is 4.03. The van der Waals surface area contributed by atoms with Crippen molar-refractivity contribution in [3.63, 3.8) is 0 Å². The maximum absolute atomic E-state index is 7.81. The first-order valence-electron chi connectivity index (χ1n) is 7.91. The van der Waals surface area contributed by atoms with E-state index < -0.39 is 0 Å². The molecule has 0 aromatic heterocycles. The average Bonchev–Trinajstić information content (AvgIpc) is 2.60. The van der Waals surface area contributed by atoms with Crippen LogP contribution in [-0.2, 0) is 6.54 Å². The van der Waals surface area contributed by atoms with E-state index in [1.54, 1.807) is 0 Å². The summed E-state index contributed by atoms with van der Waals surface area (Å²) in [6.07, 6.45) is 2.17. The van der Waals surface area contributed by atoms with Crippen LogP contribution in [0.25, 0.3) is 0 Å². The smallest absolute Gasteiger partial charge is 0.130 e. The van der Waals surface area contributed by atoms with Gasteiger partial charge in [-0.2, -0.15) is 0 Å². The molecule has 0 heterocycles. The maximum Gasteiger partial charge on any atom is 0.130 e. The highest BCUT2D eigenvalue weighted by Gasteiger charge is 2.03. The molecule has 120 valence electrons. The lowest BCUT2D eigenvalue weighted by Gasteiger charge is -2.11. The van der Waals surface area contributed by atoms with Crippen molar-refractivity contribution in [2.24, 2.45) is 0 Å². The molecular weight excluding hydrogens is 284 g/mol. The molecule has 4 nitrogen and oxygen atoms in total. The van der Waals surface area contributed by atoms with Gasteiger partial charge in [0, 0.05) is 17.8 Å². The first-order chi connectivity index (χ1) is 11.1. The Balaban J connectivity index is 1.99. The minimum atomic E-state index is 0.224. The molecule has 0 saturated heterocycles. The molecule has 1 atom stereocenters. The molecule has 0 amide bonds. The van der Waals surface area contributed by atoms with E-state index in [0.29, 0.717) is 5.92 Å². The molecule has 1 unspecified atom stereocenters. The number of hydrogen-bond acceptors (Lipinski definition) is 3. The summed E-state index contributed by atoms with van der Waals surface area (Å²) in [6.45, 7) is 5.20. The van der Waals surface area contributed by atoms with Crippen LogP contribution >= 0.6 is 0 Å². The van der Waals surface area contributed by atoms with Gasteiger partial charge in [-0.25, -0.2) is 0 Å². The van der Waals surface area contributed by atoms with E-state index in [4.69, 9.17) is 10.8 Å². The van der Waals surface area contributed by atoms with Gasteiger partial charge in [0.05, 0.1) is 6.34 Å². The Bertz CT molecular complexity index is 661. The highest BCUT2D eigenvalue weighted by molar-refractivity contribution is 6.02. The second-order valence-corrected chi connectivity index (χ2v) is 5.65. The van der Waals surface area contributed by atoms with E-state index in [9.17, 15) is 0 Å². The molecule has 23 heavy (non-hydrogen) atoms. The van der Waals surface area contributed by atoms with Gasteiger partial charge in [-0.05, 0) is 35.6 Å². The summed E-state index contributed by atoms with van der Waals surface area (Å²) >= 11 is 0. The largest absolute Gasteiger partial charge is 0.381 e. The summed E-state index contributed by atoms with van der Waals surface area (Å²) in [5.74, 6) is 0.822. The van der Waals surface area contributed by atoms with Gasteiger partial charge in [0.1, 0.15) is 5.84 Å². The average molecular weight is 308 g/mol. The molecule has 0 bridgehead atoms. The van der Waals surface area contributed by atoms with Gasteiger partial charge >= 0.3 is 0 Å². The molecule has 2 aromatic rings. The quantitative estimate of drug-likeness (QED) is 0.454. The fourth-order valence-corrected chi connectivity index (χ4v) is 2.34. The van der Waals surface area contributed by atoms with Gasteiger partial charge in [-0.15, -0.1) is 0 Å². The van der Waals surface area contributed by atoms with Crippen molar-refractivity contribution in [3.05, 3.63) is 65.2 Å². The van der Waals surface area contributed by atoms with Crippen LogP contribution in [0.4, 0.5) is 5.69 Å². The summed E-state index contributed by atoms with van der Waals surface area (Å²) in [6, 6.07) is 16.4. The van der Waals surface area contributed by atoms with Crippen LogP contribution in [0, 0.1) is 10.8 Å². The van der Waals surface area contributed by atoms with Crippen molar-refractivity contribution in [2.75, 3.05) is 5.32 Å². The summed E-state index contributed by atoms with van der Waals surface area (Å²) in [7, 11) is 0. The number of nitrogens with one attached hydrogen (secondary N) is 4. The highest BCUT2D eigenvalue weighted by atomic mass is 14.9. The Hall–Kier alpha value is -2.62. The van der Waals surface area contributed by atoms with Gasteiger partial charge in [0.15, 0.2) is 0 Å². The Morgan fingerprint density at radius 3 is 2.57 bits per heavy atom. The Morgan fingerprint density at radius 1 is 1.17 bits per heavy atom.